The number of carbonyl (C=O) groups excluding carboxylic acids is 1. The Bertz CT molecular complexity index is 1000. The van der Waals surface area contributed by atoms with Gasteiger partial charge in [-0.1, -0.05) is 48.5 Å². The monoisotopic (exact) mass is 393 g/mol. The van der Waals surface area contributed by atoms with Crippen molar-refractivity contribution in [3.05, 3.63) is 90.0 Å². The van der Waals surface area contributed by atoms with Crippen molar-refractivity contribution < 1.29 is 14.3 Å². The molecule has 4 nitrogen and oxygen atoms in total. The lowest BCUT2D eigenvalue weighted by atomic mass is 10.0. The second-order valence-corrected chi connectivity index (χ2v) is 6.46. The maximum atomic E-state index is 11.8. The highest BCUT2D eigenvalue weighted by atomic mass is 35.5. The van der Waals surface area contributed by atoms with Gasteiger partial charge in [-0.15, -0.1) is 0 Å². The molecule has 5 heteroatoms. The van der Waals surface area contributed by atoms with Gasteiger partial charge in [0.2, 0.25) is 5.91 Å². The van der Waals surface area contributed by atoms with E-state index in [1.165, 1.54) is 6.08 Å². The molecule has 0 aliphatic rings. The quantitative estimate of drug-likeness (QED) is 0.522. The molecule has 0 spiro atoms. The molecule has 0 fully saturated rings. The van der Waals surface area contributed by atoms with Crippen molar-refractivity contribution in [3.63, 3.8) is 0 Å². The van der Waals surface area contributed by atoms with Gasteiger partial charge in [0.1, 0.15) is 18.1 Å². The molecule has 0 radical (unpaired) electrons. The van der Waals surface area contributed by atoms with Crippen LogP contribution in [-0.4, -0.2) is 13.0 Å². The van der Waals surface area contributed by atoms with Crippen molar-refractivity contribution in [1.29, 1.82) is 0 Å². The predicted molar refractivity (Wildman–Crippen MR) is 113 cm³/mol. The summed E-state index contributed by atoms with van der Waals surface area (Å²) in [4.78, 5) is 11.8. The Hall–Kier alpha value is -3.24. The first-order chi connectivity index (χ1) is 13.6. The SMILES string of the molecule is C=CC(=O)Nc1ccc(OC)cc1-c1ccccc1OCc1cccc(Cl)c1. The summed E-state index contributed by atoms with van der Waals surface area (Å²) in [5, 5.41) is 3.50. The summed E-state index contributed by atoms with van der Waals surface area (Å²) in [5.74, 6) is 1.07. The standard InChI is InChI=1S/C23H20ClNO3/c1-3-23(26)25-21-12-11-18(27-2)14-20(21)19-9-4-5-10-22(19)28-15-16-7-6-8-17(24)13-16/h3-14H,1,15H2,2H3,(H,25,26). The highest BCUT2D eigenvalue weighted by molar-refractivity contribution is 6.30. The summed E-state index contributed by atoms with van der Waals surface area (Å²) in [7, 11) is 1.60. The molecular formula is C23H20ClNO3. The van der Waals surface area contributed by atoms with Gasteiger partial charge in [0, 0.05) is 21.8 Å². The fourth-order valence-electron chi connectivity index (χ4n) is 2.77. The van der Waals surface area contributed by atoms with Crippen LogP contribution in [0.4, 0.5) is 5.69 Å². The molecule has 3 aromatic rings. The Morgan fingerprint density at radius 1 is 1.07 bits per heavy atom. The van der Waals surface area contributed by atoms with E-state index >= 15 is 0 Å². The molecule has 3 rings (SSSR count). The van der Waals surface area contributed by atoms with Gasteiger partial charge in [0.05, 0.1) is 7.11 Å². The number of nitrogens with one attached hydrogen (secondary N) is 1. The predicted octanol–water partition coefficient (Wildman–Crippen LogP) is 5.72. The van der Waals surface area contributed by atoms with Crippen molar-refractivity contribution >= 4 is 23.2 Å². The normalized spacial score (nSPS) is 10.2. The van der Waals surface area contributed by atoms with E-state index in [1.54, 1.807) is 19.2 Å². The van der Waals surface area contributed by atoms with Gasteiger partial charge in [-0.2, -0.15) is 0 Å². The van der Waals surface area contributed by atoms with Crippen LogP contribution < -0.4 is 14.8 Å². The van der Waals surface area contributed by atoms with Gasteiger partial charge in [-0.3, -0.25) is 4.79 Å². The van der Waals surface area contributed by atoms with E-state index in [1.807, 2.05) is 54.6 Å². The summed E-state index contributed by atoms with van der Waals surface area (Å²) in [6.07, 6.45) is 1.23. The molecule has 0 aliphatic carbocycles. The Labute approximate surface area is 169 Å². The summed E-state index contributed by atoms with van der Waals surface area (Å²) < 4.78 is 11.4. The van der Waals surface area contributed by atoms with E-state index in [-0.39, 0.29) is 5.91 Å². The number of hydrogen-bond acceptors (Lipinski definition) is 3. The Morgan fingerprint density at radius 2 is 1.89 bits per heavy atom. The zero-order chi connectivity index (χ0) is 19.9. The van der Waals surface area contributed by atoms with Crippen LogP contribution in [0.2, 0.25) is 5.02 Å². The second-order valence-electron chi connectivity index (χ2n) is 6.02. The van der Waals surface area contributed by atoms with Crippen LogP contribution in [-0.2, 0) is 11.4 Å². The second kappa shape index (κ2) is 9.11. The lowest BCUT2D eigenvalue weighted by Gasteiger charge is -2.16. The molecule has 0 bridgehead atoms. The fraction of sp³-hybridized carbons (Fsp3) is 0.0870. The van der Waals surface area contributed by atoms with Crippen LogP contribution in [0.15, 0.2) is 79.4 Å². The minimum atomic E-state index is -0.288. The van der Waals surface area contributed by atoms with Crippen molar-refractivity contribution in [2.45, 2.75) is 6.61 Å². The van der Waals surface area contributed by atoms with Gasteiger partial charge >= 0.3 is 0 Å². The molecule has 0 aromatic heterocycles. The number of para-hydroxylation sites is 1. The first-order valence-electron chi connectivity index (χ1n) is 8.69. The Morgan fingerprint density at radius 3 is 2.64 bits per heavy atom. The van der Waals surface area contributed by atoms with Gasteiger partial charge < -0.3 is 14.8 Å². The molecule has 0 aliphatic heterocycles. The summed E-state index contributed by atoms with van der Waals surface area (Å²) in [5.41, 5.74) is 3.23. The molecule has 0 saturated carbocycles. The maximum Gasteiger partial charge on any atom is 0.247 e. The molecule has 1 amide bonds. The number of amides is 1. The largest absolute Gasteiger partial charge is 0.497 e. The average Bonchev–Trinajstić information content (AvgIpc) is 2.72. The molecule has 1 N–H and O–H groups in total. The van der Waals surface area contributed by atoms with Crippen molar-refractivity contribution in [1.82, 2.24) is 0 Å². The topological polar surface area (TPSA) is 47.6 Å². The van der Waals surface area contributed by atoms with Crippen LogP contribution in [0.1, 0.15) is 5.56 Å². The first-order valence-corrected chi connectivity index (χ1v) is 9.06. The fourth-order valence-corrected chi connectivity index (χ4v) is 2.98. The smallest absolute Gasteiger partial charge is 0.247 e. The number of anilines is 1. The summed E-state index contributed by atoms with van der Waals surface area (Å²) in [6.45, 7) is 3.88. The van der Waals surface area contributed by atoms with Crippen LogP contribution in [0.3, 0.4) is 0 Å². The highest BCUT2D eigenvalue weighted by Crippen LogP contribution is 2.37. The molecular weight excluding hydrogens is 374 g/mol. The zero-order valence-electron chi connectivity index (χ0n) is 15.4. The minimum Gasteiger partial charge on any atom is -0.497 e. The first kappa shape index (κ1) is 19.5. The number of halogens is 1. The number of carbonyl (C=O) groups is 1. The van der Waals surface area contributed by atoms with E-state index in [0.29, 0.717) is 28.8 Å². The lowest BCUT2D eigenvalue weighted by molar-refractivity contribution is -0.111. The molecule has 142 valence electrons. The van der Waals surface area contributed by atoms with Crippen molar-refractivity contribution in [3.8, 4) is 22.6 Å². The van der Waals surface area contributed by atoms with E-state index in [4.69, 9.17) is 21.1 Å². The number of benzene rings is 3. The third-order valence-electron chi connectivity index (χ3n) is 4.13. The number of ether oxygens (including phenoxy) is 2. The van der Waals surface area contributed by atoms with Gasteiger partial charge in [-0.25, -0.2) is 0 Å². The molecule has 0 atom stereocenters. The molecule has 28 heavy (non-hydrogen) atoms. The van der Waals surface area contributed by atoms with Crippen LogP contribution in [0, 0.1) is 0 Å². The summed E-state index contributed by atoms with van der Waals surface area (Å²) >= 11 is 6.05. The molecule has 0 heterocycles. The van der Waals surface area contributed by atoms with Gasteiger partial charge in [0.15, 0.2) is 0 Å². The van der Waals surface area contributed by atoms with Crippen LogP contribution in [0.25, 0.3) is 11.1 Å². The number of rotatable bonds is 7. The van der Waals surface area contributed by atoms with E-state index < -0.39 is 0 Å². The molecule has 3 aromatic carbocycles. The van der Waals surface area contributed by atoms with Crippen LogP contribution in [0.5, 0.6) is 11.5 Å². The Kier molecular flexibility index (Phi) is 6.35. The van der Waals surface area contributed by atoms with Gasteiger partial charge in [0.25, 0.3) is 0 Å². The van der Waals surface area contributed by atoms with Crippen molar-refractivity contribution in [2.75, 3.05) is 12.4 Å². The van der Waals surface area contributed by atoms with E-state index in [2.05, 4.69) is 11.9 Å². The zero-order valence-corrected chi connectivity index (χ0v) is 16.2. The highest BCUT2D eigenvalue weighted by Gasteiger charge is 2.13. The third-order valence-corrected chi connectivity index (χ3v) is 4.37. The third kappa shape index (κ3) is 4.72. The van der Waals surface area contributed by atoms with E-state index in [9.17, 15) is 4.79 Å². The van der Waals surface area contributed by atoms with E-state index in [0.717, 1.165) is 16.7 Å². The number of hydrogen-bond donors (Lipinski definition) is 1. The lowest BCUT2D eigenvalue weighted by Crippen LogP contribution is -2.08. The molecule has 0 unspecified atom stereocenters. The van der Waals surface area contributed by atoms with Crippen molar-refractivity contribution in [2.24, 2.45) is 0 Å². The van der Waals surface area contributed by atoms with Gasteiger partial charge in [-0.05, 0) is 48.0 Å². The number of methoxy groups -OCH3 is 1. The summed E-state index contributed by atoms with van der Waals surface area (Å²) in [6, 6.07) is 20.6. The Balaban J connectivity index is 1.97. The minimum absolute atomic E-state index is 0.288. The van der Waals surface area contributed by atoms with Crippen LogP contribution >= 0.6 is 11.6 Å². The maximum absolute atomic E-state index is 11.8. The average molecular weight is 394 g/mol. The molecule has 0 saturated heterocycles.